The molecular formula is C21H29NO4. The van der Waals surface area contributed by atoms with Gasteiger partial charge in [0, 0.05) is 25.1 Å². The maximum absolute atomic E-state index is 12.4. The summed E-state index contributed by atoms with van der Waals surface area (Å²) in [5.41, 5.74) is 2.91. The minimum absolute atomic E-state index is 0.170. The van der Waals surface area contributed by atoms with Gasteiger partial charge in [-0.3, -0.25) is 4.79 Å². The molecule has 3 rings (SSSR count). The summed E-state index contributed by atoms with van der Waals surface area (Å²) in [6.45, 7) is 8.98. The molecule has 2 aliphatic heterocycles. The summed E-state index contributed by atoms with van der Waals surface area (Å²) in [4.78, 5) is 26.4. The first-order chi connectivity index (χ1) is 12.3. The first kappa shape index (κ1) is 18.7. The molecule has 1 atom stereocenters. The van der Waals surface area contributed by atoms with Crippen molar-refractivity contribution in [1.29, 1.82) is 0 Å². The lowest BCUT2D eigenvalue weighted by atomic mass is 9.93. The third-order valence-corrected chi connectivity index (χ3v) is 4.88. The molecule has 0 spiro atoms. The highest BCUT2D eigenvalue weighted by Crippen LogP contribution is 2.32. The maximum Gasteiger partial charge on any atom is 0.410 e. The van der Waals surface area contributed by atoms with E-state index in [9.17, 15) is 9.59 Å². The fraction of sp³-hybridized carbons (Fsp3) is 0.619. The van der Waals surface area contributed by atoms with E-state index in [-0.39, 0.29) is 18.0 Å². The Morgan fingerprint density at radius 2 is 1.85 bits per heavy atom. The van der Waals surface area contributed by atoms with E-state index in [1.165, 1.54) is 11.1 Å². The van der Waals surface area contributed by atoms with Crippen LogP contribution in [0.3, 0.4) is 0 Å². The van der Waals surface area contributed by atoms with Crippen molar-refractivity contribution in [2.45, 2.75) is 71.5 Å². The van der Waals surface area contributed by atoms with Crippen molar-refractivity contribution >= 4 is 11.9 Å². The Bertz CT molecular complexity index is 705. The lowest BCUT2D eigenvalue weighted by Gasteiger charge is -2.26. The van der Waals surface area contributed by atoms with E-state index in [1.807, 2.05) is 20.8 Å². The summed E-state index contributed by atoms with van der Waals surface area (Å²) in [5.74, 6) is 1.01. The van der Waals surface area contributed by atoms with Gasteiger partial charge in [0.2, 0.25) is 0 Å². The van der Waals surface area contributed by atoms with Gasteiger partial charge in [-0.25, -0.2) is 4.79 Å². The van der Waals surface area contributed by atoms with E-state index < -0.39 is 5.60 Å². The number of ether oxygens (including phenoxy) is 2. The lowest BCUT2D eigenvalue weighted by molar-refractivity contribution is -0.126. The fourth-order valence-electron chi connectivity index (χ4n) is 3.57. The van der Waals surface area contributed by atoms with Crippen molar-refractivity contribution in [2.24, 2.45) is 0 Å². The lowest BCUT2D eigenvalue weighted by Crippen LogP contribution is -2.38. The molecule has 142 valence electrons. The number of hydrogen-bond acceptors (Lipinski definition) is 4. The molecule has 0 aliphatic carbocycles. The molecule has 0 bridgehead atoms. The van der Waals surface area contributed by atoms with Crippen molar-refractivity contribution in [1.82, 2.24) is 4.90 Å². The Hall–Kier alpha value is -2.04. The largest absolute Gasteiger partial charge is 0.482 e. The Labute approximate surface area is 155 Å². The van der Waals surface area contributed by atoms with Gasteiger partial charge in [0.05, 0.1) is 0 Å². The van der Waals surface area contributed by atoms with Crippen LogP contribution in [0, 0.1) is 0 Å². The quantitative estimate of drug-likeness (QED) is 0.808. The SMILES string of the molecule is CCCC1Oc2cc3c(cc2CC1=O)CCN(C(=O)OC(C)(C)C)CC3. The van der Waals surface area contributed by atoms with Crippen LogP contribution in [-0.4, -0.2) is 41.6 Å². The zero-order valence-electron chi connectivity index (χ0n) is 16.3. The van der Waals surface area contributed by atoms with Gasteiger partial charge in [0.1, 0.15) is 11.4 Å². The molecule has 0 saturated heterocycles. The first-order valence-electron chi connectivity index (χ1n) is 9.59. The third-order valence-electron chi connectivity index (χ3n) is 4.88. The van der Waals surface area contributed by atoms with Gasteiger partial charge in [-0.05, 0) is 57.2 Å². The molecule has 2 heterocycles. The average Bonchev–Trinajstić information content (AvgIpc) is 2.74. The van der Waals surface area contributed by atoms with Crippen LogP contribution >= 0.6 is 0 Å². The van der Waals surface area contributed by atoms with Crippen molar-refractivity contribution in [3.8, 4) is 5.75 Å². The first-order valence-corrected chi connectivity index (χ1v) is 9.59. The van der Waals surface area contributed by atoms with Crippen molar-refractivity contribution in [3.05, 3.63) is 28.8 Å². The van der Waals surface area contributed by atoms with E-state index in [4.69, 9.17) is 9.47 Å². The minimum Gasteiger partial charge on any atom is -0.482 e. The van der Waals surface area contributed by atoms with Crippen molar-refractivity contribution < 1.29 is 19.1 Å². The van der Waals surface area contributed by atoms with E-state index in [2.05, 4.69) is 19.1 Å². The van der Waals surface area contributed by atoms with Crippen molar-refractivity contribution in [3.63, 3.8) is 0 Å². The molecule has 0 aromatic heterocycles. The second kappa shape index (κ2) is 7.29. The number of amides is 1. The zero-order chi connectivity index (χ0) is 18.9. The predicted octanol–water partition coefficient (Wildman–Crippen LogP) is 3.70. The summed E-state index contributed by atoms with van der Waals surface area (Å²) in [5, 5.41) is 0. The Kier molecular flexibility index (Phi) is 5.26. The van der Waals surface area contributed by atoms with Gasteiger partial charge >= 0.3 is 6.09 Å². The third kappa shape index (κ3) is 4.19. The summed E-state index contributed by atoms with van der Waals surface area (Å²) < 4.78 is 11.5. The van der Waals surface area contributed by atoms with Crippen LogP contribution in [0.5, 0.6) is 5.75 Å². The number of fused-ring (bicyclic) bond motifs is 2. The standard InChI is InChI=1S/C21H29NO4/c1-5-6-18-17(23)12-16-11-14-7-9-22(20(24)26-21(2,3)4)10-8-15(14)13-19(16)25-18/h11,13,18H,5-10,12H2,1-4H3. The summed E-state index contributed by atoms with van der Waals surface area (Å²) in [7, 11) is 0. The topological polar surface area (TPSA) is 55.8 Å². The molecule has 5 heteroatoms. The van der Waals surface area contributed by atoms with Crippen LogP contribution in [0.2, 0.25) is 0 Å². The van der Waals surface area contributed by atoms with E-state index >= 15 is 0 Å². The smallest absolute Gasteiger partial charge is 0.410 e. The average molecular weight is 359 g/mol. The van der Waals surface area contributed by atoms with Crippen LogP contribution in [0.4, 0.5) is 4.79 Å². The van der Waals surface area contributed by atoms with Gasteiger partial charge in [-0.15, -0.1) is 0 Å². The zero-order valence-corrected chi connectivity index (χ0v) is 16.3. The molecular weight excluding hydrogens is 330 g/mol. The number of nitrogens with zero attached hydrogens (tertiary/aromatic N) is 1. The molecule has 1 aromatic carbocycles. The second-order valence-electron chi connectivity index (χ2n) is 8.23. The van der Waals surface area contributed by atoms with Crippen LogP contribution in [0.25, 0.3) is 0 Å². The molecule has 0 saturated carbocycles. The number of rotatable bonds is 2. The summed E-state index contributed by atoms with van der Waals surface area (Å²) in [6.07, 6.45) is 3.12. The number of hydrogen-bond donors (Lipinski definition) is 0. The molecule has 5 nitrogen and oxygen atoms in total. The molecule has 26 heavy (non-hydrogen) atoms. The van der Waals surface area contributed by atoms with Crippen LogP contribution in [-0.2, 0) is 28.8 Å². The minimum atomic E-state index is -0.488. The molecule has 0 N–H and O–H groups in total. The monoisotopic (exact) mass is 359 g/mol. The van der Waals surface area contributed by atoms with Crippen LogP contribution in [0.15, 0.2) is 12.1 Å². The van der Waals surface area contributed by atoms with Gasteiger partial charge in [-0.2, -0.15) is 0 Å². The van der Waals surface area contributed by atoms with Gasteiger partial charge in [0.25, 0.3) is 0 Å². The number of carbonyl (C=O) groups excluding carboxylic acids is 2. The Morgan fingerprint density at radius 3 is 2.46 bits per heavy atom. The number of ketones is 1. The van der Waals surface area contributed by atoms with Gasteiger partial charge in [-0.1, -0.05) is 19.4 Å². The predicted molar refractivity (Wildman–Crippen MR) is 99.7 cm³/mol. The molecule has 0 radical (unpaired) electrons. The molecule has 1 unspecified atom stereocenters. The Morgan fingerprint density at radius 1 is 1.19 bits per heavy atom. The van der Waals surface area contributed by atoms with Gasteiger partial charge < -0.3 is 14.4 Å². The highest BCUT2D eigenvalue weighted by atomic mass is 16.6. The fourth-order valence-corrected chi connectivity index (χ4v) is 3.57. The molecule has 2 aliphatic rings. The van der Waals surface area contributed by atoms with E-state index in [1.54, 1.807) is 4.90 Å². The van der Waals surface area contributed by atoms with E-state index in [0.29, 0.717) is 19.5 Å². The van der Waals surface area contributed by atoms with E-state index in [0.717, 1.165) is 37.0 Å². The summed E-state index contributed by atoms with van der Waals surface area (Å²) >= 11 is 0. The van der Waals surface area contributed by atoms with Crippen molar-refractivity contribution in [2.75, 3.05) is 13.1 Å². The normalized spacial score (nSPS) is 19.9. The Balaban J connectivity index is 1.75. The maximum atomic E-state index is 12.4. The van der Waals surface area contributed by atoms with Crippen LogP contribution < -0.4 is 4.74 Å². The molecule has 1 amide bonds. The highest BCUT2D eigenvalue weighted by molar-refractivity contribution is 5.87. The van der Waals surface area contributed by atoms with Crippen LogP contribution in [0.1, 0.15) is 57.2 Å². The number of benzene rings is 1. The van der Waals surface area contributed by atoms with Gasteiger partial charge in [0.15, 0.2) is 11.9 Å². The highest BCUT2D eigenvalue weighted by Gasteiger charge is 2.29. The second-order valence-corrected chi connectivity index (χ2v) is 8.23. The molecule has 0 fully saturated rings. The number of carbonyl (C=O) groups is 2. The summed E-state index contributed by atoms with van der Waals surface area (Å²) in [6, 6.07) is 4.18. The molecule has 1 aromatic rings. The number of Topliss-reactive ketones (excluding diaryl/α,β-unsaturated/α-hetero) is 1.